The van der Waals surface area contributed by atoms with E-state index in [-0.39, 0.29) is 11.6 Å². The molecule has 0 bridgehead atoms. The van der Waals surface area contributed by atoms with Gasteiger partial charge in [0, 0.05) is 35.4 Å². The van der Waals surface area contributed by atoms with E-state index in [1.54, 1.807) is 12.1 Å². The summed E-state index contributed by atoms with van der Waals surface area (Å²) in [7, 11) is -3.17. The van der Waals surface area contributed by atoms with Gasteiger partial charge in [0.15, 0.2) is 0 Å². The van der Waals surface area contributed by atoms with Crippen molar-refractivity contribution < 1.29 is 18.3 Å². The largest absolute Gasteiger partial charge is 0.478 e. The predicted molar refractivity (Wildman–Crippen MR) is 101 cm³/mol. The van der Waals surface area contributed by atoms with Gasteiger partial charge in [-0.2, -0.15) is 0 Å². The maximum Gasteiger partial charge on any atom is 0.335 e. The molecule has 0 aliphatic carbocycles. The Hall–Kier alpha value is -2.38. The van der Waals surface area contributed by atoms with Gasteiger partial charge in [-0.1, -0.05) is 24.3 Å². The zero-order chi connectivity index (χ0) is 18.5. The molecule has 0 unspecified atom stereocenters. The number of aromatic carboxylic acids is 1. The Balaban J connectivity index is 1.85. The number of hydrogen-bond donors (Lipinski definition) is 1. The van der Waals surface area contributed by atoms with Crippen molar-refractivity contribution in [2.24, 2.45) is 0 Å². The summed E-state index contributed by atoms with van der Waals surface area (Å²) < 4.78 is 27.3. The molecule has 0 amide bonds. The number of para-hydroxylation sites is 1. The van der Waals surface area contributed by atoms with Gasteiger partial charge in [0.05, 0.1) is 17.3 Å². The fourth-order valence-electron chi connectivity index (χ4n) is 3.96. The monoisotopic (exact) mass is 372 g/mol. The van der Waals surface area contributed by atoms with E-state index in [4.69, 9.17) is 0 Å². The van der Waals surface area contributed by atoms with Crippen molar-refractivity contribution in [1.82, 2.24) is 8.87 Å². The van der Waals surface area contributed by atoms with E-state index < -0.39 is 16.0 Å². The third kappa shape index (κ3) is 2.77. The standard InChI is InChI=1S/C19H20N2O4S/c1-26(24,25)20-10-8-14(9-11-20)21-17-5-3-2-4-15(17)16-7-6-13(19(22)23)12-18(16)21/h2-7,12,14H,8-11H2,1H3,(H,22,23). The highest BCUT2D eigenvalue weighted by molar-refractivity contribution is 7.88. The van der Waals surface area contributed by atoms with Crippen molar-refractivity contribution >= 4 is 37.8 Å². The molecule has 2 aromatic carbocycles. The molecule has 0 radical (unpaired) electrons. The molecule has 0 saturated carbocycles. The number of aromatic nitrogens is 1. The number of carbonyl (C=O) groups is 1. The number of fused-ring (bicyclic) bond motifs is 3. The molecule has 7 heteroatoms. The SMILES string of the molecule is CS(=O)(=O)N1CCC(n2c3ccccc3c3ccc(C(=O)O)cc32)CC1. The van der Waals surface area contributed by atoms with E-state index in [0.29, 0.717) is 25.9 Å². The Bertz CT molecular complexity index is 1110. The van der Waals surface area contributed by atoms with Gasteiger partial charge in [-0.15, -0.1) is 0 Å². The third-order valence-electron chi connectivity index (χ3n) is 5.22. The lowest BCUT2D eigenvalue weighted by atomic mass is 10.1. The summed E-state index contributed by atoms with van der Waals surface area (Å²) in [6.07, 6.45) is 2.66. The zero-order valence-electron chi connectivity index (χ0n) is 14.4. The number of carboxylic acid groups (broad SMARTS) is 1. The highest BCUT2D eigenvalue weighted by Gasteiger charge is 2.27. The lowest BCUT2D eigenvalue weighted by Gasteiger charge is -2.32. The molecule has 1 aromatic heterocycles. The first-order valence-electron chi connectivity index (χ1n) is 8.57. The molecule has 0 atom stereocenters. The Morgan fingerprint density at radius 3 is 2.35 bits per heavy atom. The highest BCUT2D eigenvalue weighted by Crippen LogP contribution is 2.36. The molecular formula is C19H20N2O4S. The van der Waals surface area contributed by atoms with E-state index in [0.717, 1.165) is 21.8 Å². The van der Waals surface area contributed by atoms with Crippen molar-refractivity contribution in [2.75, 3.05) is 19.3 Å². The molecule has 3 aromatic rings. The summed E-state index contributed by atoms with van der Waals surface area (Å²) in [5, 5.41) is 11.5. The number of benzene rings is 2. The topological polar surface area (TPSA) is 79.6 Å². The van der Waals surface area contributed by atoms with Gasteiger partial charge in [-0.05, 0) is 31.0 Å². The second-order valence-electron chi connectivity index (χ2n) is 6.82. The van der Waals surface area contributed by atoms with Crippen molar-refractivity contribution in [3.63, 3.8) is 0 Å². The minimum Gasteiger partial charge on any atom is -0.478 e. The molecule has 1 fully saturated rings. The maximum absolute atomic E-state index is 11.8. The number of sulfonamides is 1. The number of piperidine rings is 1. The number of carboxylic acids is 1. The average molecular weight is 372 g/mol. The molecule has 1 N–H and O–H groups in total. The van der Waals surface area contributed by atoms with Crippen LogP contribution in [-0.4, -0.2) is 47.7 Å². The summed E-state index contributed by atoms with van der Waals surface area (Å²) in [5.41, 5.74) is 2.21. The first kappa shape index (κ1) is 17.1. The number of nitrogens with zero attached hydrogens (tertiary/aromatic N) is 2. The minimum atomic E-state index is -3.17. The second kappa shape index (κ2) is 6.10. The average Bonchev–Trinajstić information content (AvgIpc) is 2.94. The third-order valence-corrected chi connectivity index (χ3v) is 6.52. The summed E-state index contributed by atoms with van der Waals surface area (Å²) in [6, 6.07) is 13.4. The minimum absolute atomic E-state index is 0.138. The van der Waals surface area contributed by atoms with E-state index >= 15 is 0 Å². The molecule has 6 nitrogen and oxygen atoms in total. The Morgan fingerprint density at radius 1 is 1.04 bits per heavy atom. The van der Waals surface area contributed by atoms with Crippen LogP contribution in [0.4, 0.5) is 0 Å². The van der Waals surface area contributed by atoms with Crippen molar-refractivity contribution in [3.8, 4) is 0 Å². The van der Waals surface area contributed by atoms with Crippen LogP contribution in [0.3, 0.4) is 0 Å². The first-order valence-corrected chi connectivity index (χ1v) is 10.4. The van der Waals surface area contributed by atoms with Crippen LogP contribution in [0.2, 0.25) is 0 Å². The fraction of sp³-hybridized carbons (Fsp3) is 0.316. The molecule has 1 saturated heterocycles. The van der Waals surface area contributed by atoms with Crippen molar-refractivity contribution in [2.45, 2.75) is 18.9 Å². The summed E-state index contributed by atoms with van der Waals surface area (Å²) >= 11 is 0. The van der Waals surface area contributed by atoms with Crippen LogP contribution in [0.15, 0.2) is 42.5 Å². The summed E-state index contributed by atoms with van der Waals surface area (Å²) in [5.74, 6) is -0.949. The van der Waals surface area contributed by atoms with Gasteiger partial charge in [-0.25, -0.2) is 17.5 Å². The molecule has 1 aliphatic heterocycles. The molecule has 136 valence electrons. The molecule has 26 heavy (non-hydrogen) atoms. The van der Waals surface area contributed by atoms with Crippen LogP contribution in [0, 0.1) is 0 Å². The van der Waals surface area contributed by atoms with E-state index in [1.165, 1.54) is 10.6 Å². The van der Waals surface area contributed by atoms with Gasteiger partial charge in [0.2, 0.25) is 10.0 Å². The fourth-order valence-corrected chi connectivity index (χ4v) is 4.83. The predicted octanol–water partition coefficient (Wildman–Crippen LogP) is 3.09. The van der Waals surface area contributed by atoms with Crippen molar-refractivity contribution in [1.29, 1.82) is 0 Å². The van der Waals surface area contributed by atoms with Crippen LogP contribution in [-0.2, 0) is 10.0 Å². The number of rotatable bonds is 3. The molecule has 4 rings (SSSR count). The summed E-state index contributed by atoms with van der Waals surface area (Å²) in [6.45, 7) is 0.965. The van der Waals surface area contributed by atoms with Gasteiger partial charge < -0.3 is 9.67 Å². The smallest absolute Gasteiger partial charge is 0.335 e. The quantitative estimate of drug-likeness (QED) is 0.766. The van der Waals surface area contributed by atoms with Gasteiger partial charge in [0.1, 0.15) is 0 Å². The molecular weight excluding hydrogens is 352 g/mol. The Labute approximate surface area is 151 Å². The van der Waals surface area contributed by atoms with E-state index in [9.17, 15) is 18.3 Å². The zero-order valence-corrected chi connectivity index (χ0v) is 15.2. The molecule has 1 aliphatic rings. The van der Waals surface area contributed by atoms with Gasteiger partial charge >= 0.3 is 5.97 Å². The van der Waals surface area contributed by atoms with Crippen LogP contribution < -0.4 is 0 Å². The van der Waals surface area contributed by atoms with Crippen LogP contribution in [0.5, 0.6) is 0 Å². The van der Waals surface area contributed by atoms with E-state index in [1.807, 2.05) is 30.3 Å². The lowest BCUT2D eigenvalue weighted by Crippen LogP contribution is -2.38. The lowest BCUT2D eigenvalue weighted by molar-refractivity contribution is 0.0697. The van der Waals surface area contributed by atoms with Gasteiger partial charge in [0.25, 0.3) is 0 Å². The van der Waals surface area contributed by atoms with Crippen LogP contribution >= 0.6 is 0 Å². The number of hydrogen-bond acceptors (Lipinski definition) is 3. The van der Waals surface area contributed by atoms with Gasteiger partial charge in [-0.3, -0.25) is 0 Å². The maximum atomic E-state index is 11.8. The van der Waals surface area contributed by atoms with Crippen LogP contribution in [0.1, 0.15) is 29.2 Å². The first-order chi connectivity index (χ1) is 12.4. The Morgan fingerprint density at radius 2 is 1.69 bits per heavy atom. The van der Waals surface area contributed by atoms with Crippen LogP contribution in [0.25, 0.3) is 21.8 Å². The molecule has 0 spiro atoms. The Kier molecular flexibility index (Phi) is 4.00. The molecule has 2 heterocycles. The van der Waals surface area contributed by atoms with E-state index in [2.05, 4.69) is 4.57 Å². The normalized spacial score (nSPS) is 17.1. The summed E-state index contributed by atoms with van der Waals surface area (Å²) in [4.78, 5) is 11.4. The van der Waals surface area contributed by atoms with Crippen molar-refractivity contribution in [3.05, 3.63) is 48.0 Å². The highest BCUT2D eigenvalue weighted by atomic mass is 32.2. The second-order valence-corrected chi connectivity index (χ2v) is 8.80.